The molecule has 0 spiro atoms. The van der Waals surface area contributed by atoms with Crippen molar-refractivity contribution in [2.24, 2.45) is 0 Å². The van der Waals surface area contributed by atoms with E-state index in [2.05, 4.69) is 69.4 Å². The Hall–Kier alpha value is -2.63. The highest BCUT2D eigenvalue weighted by Crippen LogP contribution is 2.17. The van der Waals surface area contributed by atoms with Crippen LogP contribution in [0, 0.1) is 0 Å². The monoisotopic (exact) mass is 1010 g/mol. The lowest BCUT2D eigenvalue weighted by Gasteiger charge is -2.18. The fourth-order valence-electron chi connectivity index (χ4n) is 9.26. The van der Waals surface area contributed by atoms with E-state index in [0.717, 1.165) is 89.9 Å². The molecule has 0 amide bonds. The number of hydrogen-bond acceptors (Lipinski definition) is 6. The molecule has 0 aliphatic rings. The van der Waals surface area contributed by atoms with Gasteiger partial charge in [-0.15, -0.1) is 0 Å². The number of esters is 3. The smallest absolute Gasteiger partial charge is 0.306 e. The third kappa shape index (κ3) is 58.3. The molecular weight excluding hydrogens is 889 g/mol. The van der Waals surface area contributed by atoms with E-state index < -0.39 is 6.10 Å². The SMILES string of the molecule is CCCC/C=C\C/C=C\CCCCCCCC(=O)OC(COC(=O)CCCCCCCCCCCCC)COC(=O)CCCCCCCCCCCCCCCCCCC/C=C\C/C=C\CCCCCCC. The van der Waals surface area contributed by atoms with Gasteiger partial charge in [-0.2, -0.15) is 0 Å². The molecule has 0 bridgehead atoms. The van der Waals surface area contributed by atoms with Crippen LogP contribution in [0.3, 0.4) is 0 Å². The van der Waals surface area contributed by atoms with Crippen LogP contribution in [0.1, 0.15) is 335 Å². The maximum absolute atomic E-state index is 12.8. The number of ether oxygens (including phenoxy) is 3. The molecule has 0 aliphatic heterocycles. The third-order valence-electron chi connectivity index (χ3n) is 14.1. The Morgan fingerprint density at radius 1 is 0.278 bits per heavy atom. The molecule has 0 radical (unpaired) electrons. The van der Waals surface area contributed by atoms with Gasteiger partial charge >= 0.3 is 17.9 Å². The van der Waals surface area contributed by atoms with Crippen molar-refractivity contribution in [3.8, 4) is 0 Å². The maximum Gasteiger partial charge on any atom is 0.306 e. The molecule has 6 nitrogen and oxygen atoms in total. The molecule has 0 aromatic carbocycles. The number of allylic oxidation sites excluding steroid dienone is 8. The van der Waals surface area contributed by atoms with Gasteiger partial charge in [0.1, 0.15) is 13.2 Å². The van der Waals surface area contributed by atoms with Crippen LogP contribution in [0.5, 0.6) is 0 Å². The summed E-state index contributed by atoms with van der Waals surface area (Å²) in [6.45, 7) is 6.61. The summed E-state index contributed by atoms with van der Waals surface area (Å²) in [5, 5.41) is 0. The van der Waals surface area contributed by atoms with Crippen molar-refractivity contribution in [2.75, 3.05) is 13.2 Å². The summed E-state index contributed by atoms with van der Waals surface area (Å²) in [5.41, 5.74) is 0. The summed E-state index contributed by atoms with van der Waals surface area (Å²) in [5.74, 6) is -0.872. The second kappa shape index (κ2) is 60.9. The van der Waals surface area contributed by atoms with Crippen LogP contribution in [0.4, 0.5) is 0 Å². The lowest BCUT2D eigenvalue weighted by atomic mass is 10.0. The van der Waals surface area contributed by atoms with Crippen LogP contribution in [0.2, 0.25) is 0 Å². The largest absolute Gasteiger partial charge is 0.462 e. The van der Waals surface area contributed by atoms with Gasteiger partial charge in [0.25, 0.3) is 0 Å². The van der Waals surface area contributed by atoms with Crippen molar-refractivity contribution in [3.05, 3.63) is 48.6 Å². The molecule has 0 fully saturated rings. The lowest BCUT2D eigenvalue weighted by Crippen LogP contribution is -2.30. The first kappa shape index (κ1) is 69.4. The van der Waals surface area contributed by atoms with Gasteiger partial charge in [-0.1, -0.05) is 288 Å². The van der Waals surface area contributed by atoms with Crippen molar-refractivity contribution >= 4 is 17.9 Å². The van der Waals surface area contributed by atoms with Crippen molar-refractivity contribution < 1.29 is 28.6 Å². The normalized spacial score (nSPS) is 12.3. The van der Waals surface area contributed by atoms with Crippen molar-refractivity contribution in [1.29, 1.82) is 0 Å². The molecule has 0 heterocycles. The van der Waals surface area contributed by atoms with Gasteiger partial charge in [0.05, 0.1) is 0 Å². The minimum atomic E-state index is -0.777. The zero-order chi connectivity index (χ0) is 52.2. The number of carbonyl (C=O) groups excluding carboxylic acids is 3. The lowest BCUT2D eigenvalue weighted by molar-refractivity contribution is -0.167. The average Bonchev–Trinajstić information content (AvgIpc) is 3.38. The van der Waals surface area contributed by atoms with Crippen LogP contribution in [-0.4, -0.2) is 37.2 Å². The van der Waals surface area contributed by atoms with E-state index in [-0.39, 0.29) is 31.1 Å². The standard InChI is InChI=1S/C66H120O6/c1-4-7-10-13-16-19-22-24-26-27-28-29-30-31-32-33-34-35-36-37-38-39-40-42-44-47-50-53-56-59-65(68)71-62-63(61-70-64(67)58-55-52-49-46-43-21-18-15-12-9-6-3)72-66(69)60-57-54-51-48-45-41-25-23-20-17-14-11-8-5-2/h14,17,22-25,27-28,63H,4-13,15-16,18-21,26,29-62H2,1-3H3/b17-14-,24-22-,25-23-,28-27-. The van der Waals surface area contributed by atoms with Crippen molar-refractivity contribution in [3.63, 3.8) is 0 Å². The second-order valence-corrected chi connectivity index (χ2v) is 21.3. The minimum absolute atomic E-state index is 0.0747. The van der Waals surface area contributed by atoms with Gasteiger partial charge in [0, 0.05) is 19.3 Å². The van der Waals surface area contributed by atoms with Crippen LogP contribution in [0.15, 0.2) is 48.6 Å². The fourth-order valence-corrected chi connectivity index (χ4v) is 9.26. The summed E-state index contributed by atoms with van der Waals surface area (Å²) < 4.78 is 16.9. The van der Waals surface area contributed by atoms with Gasteiger partial charge < -0.3 is 14.2 Å². The first-order valence-corrected chi connectivity index (χ1v) is 31.6. The predicted octanol–water partition coefficient (Wildman–Crippen LogP) is 21.4. The molecule has 0 rings (SSSR count). The summed E-state index contributed by atoms with van der Waals surface area (Å²) in [4.78, 5) is 38.1. The molecule has 72 heavy (non-hydrogen) atoms. The Morgan fingerprint density at radius 2 is 0.514 bits per heavy atom. The zero-order valence-corrected chi connectivity index (χ0v) is 48.2. The van der Waals surface area contributed by atoms with Crippen molar-refractivity contribution in [1.82, 2.24) is 0 Å². The first-order chi connectivity index (χ1) is 35.5. The van der Waals surface area contributed by atoms with Crippen LogP contribution in [-0.2, 0) is 28.6 Å². The van der Waals surface area contributed by atoms with E-state index in [4.69, 9.17) is 14.2 Å². The molecule has 6 heteroatoms. The minimum Gasteiger partial charge on any atom is -0.462 e. The molecule has 0 saturated heterocycles. The molecule has 0 saturated carbocycles. The Balaban J connectivity index is 4.13. The van der Waals surface area contributed by atoms with Gasteiger partial charge in [-0.3, -0.25) is 14.4 Å². The Kier molecular flexibility index (Phi) is 58.7. The number of carbonyl (C=O) groups is 3. The zero-order valence-electron chi connectivity index (χ0n) is 48.2. The van der Waals surface area contributed by atoms with E-state index >= 15 is 0 Å². The first-order valence-electron chi connectivity index (χ1n) is 31.6. The van der Waals surface area contributed by atoms with E-state index in [1.165, 1.54) is 205 Å². The summed E-state index contributed by atoms with van der Waals surface area (Å²) in [6.07, 6.45) is 75.6. The Bertz CT molecular complexity index is 1250. The number of unbranched alkanes of at least 4 members (excludes halogenated alkanes) is 39. The molecule has 0 aromatic heterocycles. The number of rotatable bonds is 58. The quantitative estimate of drug-likeness (QED) is 0.0261. The molecule has 420 valence electrons. The van der Waals surface area contributed by atoms with E-state index in [0.29, 0.717) is 19.3 Å². The molecule has 1 unspecified atom stereocenters. The van der Waals surface area contributed by atoms with Gasteiger partial charge in [0.15, 0.2) is 6.10 Å². The predicted molar refractivity (Wildman–Crippen MR) is 312 cm³/mol. The van der Waals surface area contributed by atoms with E-state index in [1.54, 1.807) is 0 Å². The van der Waals surface area contributed by atoms with Crippen LogP contribution >= 0.6 is 0 Å². The van der Waals surface area contributed by atoms with Gasteiger partial charge in [-0.05, 0) is 77.0 Å². The molecule has 1 atom stereocenters. The van der Waals surface area contributed by atoms with Gasteiger partial charge in [-0.25, -0.2) is 0 Å². The fraction of sp³-hybridized carbons (Fsp3) is 0.833. The second-order valence-electron chi connectivity index (χ2n) is 21.3. The summed E-state index contributed by atoms with van der Waals surface area (Å²) in [7, 11) is 0. The highest BCUT2D eigenvalue weighted by Gasteiger charge is 2.19. The summed E-state index contributed by atoms with van der Waals surface area (Å²) >= 11 is 0. The van der Waals surface area contributed by atoms with Gasteiger partial charge in [0.2, 0.25) is 0 Å². The topological polar surface area (TPSA) is 78.9 Å². The molecule has 0 aliphatic carbocycles. The van der Waals surface area contributed by atoms with Crippen LogP contribution < -0.4 is 0 Å². The Morgan fingerprint density at radius 3 is 0.806 bits per heavy atom. The van der Waals surface area contributed by atoms with Crippen molar-refractivity contribution in [2.45, 2.75) is 341 Å². The highest BCUT2D eigenvalue weighted by atomic mass is 16.6. The maximum atomic E-state index is 12.8. The summed E-state index contributed by atoms with van der Waals surface area (Å²) in [6, 6.07) is 0. The average molecular weight is 1010 g/mol. The third-order valence-corrected chi connectivity index (χ3v) is 14.1. The van der Waals surface area contributed by atoms with E-state index in [9.17, 15) is 14.4 Å². The van der Waals surface area contributed by atoms with E-state index in [1.807, 2.05) is 0 Å². The molecule has 0 N–H and O–H groups in total. The molecular formula is C66H120O6. The van der Waals surface area contributed by atoms with Crippen LogP contribution in [0.25, 0.3) is 0 Å². The highest BCUT2D eigenvalue weighted by molar-refractivity contribution is 5.71. The molecule has 0 aromatic rings. The number of hydrogen-bond donors (Lipinski definition) is 0. The Labute approximate surface area is 448 Å².